The van der Waals surface area contributed by atoms with Crippen LogP contribution >= 0.6 is 0 Å². The Labute approximate surface area is 136 Å². The van der Waals surface area contributed by atoms with Crippen molar-refractivity contribution in [2.24, 2.45) is 0 Å². The molecule has 0 atom stereocenters. The van der Waals surface area contributed by atoms with E-state index in [4.69, 9.17) is 13.6 Å². The molecule has 0 aliphatic rings. The summed E-state index contributed by atoms with van der Waals surface area (Å²) in [6, 6.07) is 15.8. The fourth-order valence-corrected chi connectivity index (χ4v) is 2.27. The average molecular weight is 310 g/mol. The van der Waals surface area contributed by atoms with E-state index < -0.39 is 0 Å². The summed E-state index contributed by atoms with van der Waals surface area (Å²) in [4.78, 5) is 0. The summed E-state index contributed by atoms with van der Waals surface area (Å²) in [7, 11) is 1.64. The molecule has 0 aliphatic heterocycles. The SMILES string of the molecule is CC.COc1cccc2ccoc12.Cc1cccc2ccoc12. The molecule has 0 N–H and O–H groups in total. The van der Waals surface area contributed by atoms with Crippen molar-refractivity contribution in [1.29, 1.82) is 0 Å². The summed E-state index contributed by atoms with van der Waals surface area (Å²) >= 11 is 0. The van der Waals surface area contributed by atoms with E-state index in [9.17, 15) is 0 Å². The normalized spacial score (nSPS) is 9.74. The summed E-state index contributed by atoms with van der Waals surface area (Å²) in [5.74, 6) is 0.785. The molecule has 120 valence electrons. The molecule has 0 bridgehead atoms. The van der Waals surface area contributed by atoms with Gasteiger partial charge in [-0.2, -0.15) is 0 Å². The number of methoxy groups -OCH3 is 1. The van der Waals surface area contributed by atoms with Crippen LogP contribution in [0.3, 0.4) is 0 Å². The Morgan fingerprint density at radius 1 is 0.739 bits per heavy atom. The fourth-order valence-electron chi connectivity index (χ4n) is 2.27. The van der Waals surface area contributed by atoms with Crippen LogP contribution < -0.4 is 4.74 Å². The van der Waals surface area contributed by atoms with Crippen molar-refractivity contribution in [3.63, 3.8) is 0 Å². The zero-order valence-electron chi connectivity index (χ0n) is 14.0. The van der Waals surface area contributed by atoms with Crippen molar-refractivity contribution in [2.45, 2.75) is 20.8 Å². The average Bonchev–Trinajstić information content (AvgIpc) is 3.26. The van der Waals surface area contributed by atoms with Crippen LogP contribution in [0.15, 0.2) is 69.9 Å². The molecule has 0 radical (unpaired) electrons. The molecule has 2 heterocycles. The van der Waals surface area contributed by atoms with E-state index in [1.165, 1.54) is 10.9 Å². The monoisotopic (exact) mass is 310 g/mol. The minimum absolute atomic E-state index is 0.785. The van der Waals surface area contributed by atoms with Crippen molar-refractivity contribution < 1.29 is 13.6 Å². The van der Waals surface area contributed by atoms with Gasteiger partial charge in [-0.1, -0.05) is 44.2 Å². The third-order valence-corrected chi connectivity index (χ3v) is 3.34. The predicted octanol–water partition coefficient (Wildman–Crippen LogP) is 6.21. The van der Waals surface area contributed by atoms with Gasteiger partial charge in [0.2, 0.25) is 0 Å². The van der Waals surface area contributed by atoms with Gasteiger partial charge in [0.05, 0.1) is 19.6 Å². The Kier molecular flexibility index (Phi) is 5.87. The standard InChI is InChI=1S/C9H8O2.C9H8O.C2H6/c1-10-8-4-2-3-7-5-6-11-9(7)8;1-7-3-2-4-8-5-6-10-9(7)8;1-2/h2-6H,1H3;2-6H,1H3;1-2H3. The molecular weight excluding hydrogens is 288 g/mol. The van der Waals surface area contributed by atoms with Crippen molar-refractivity contribution in [3.05, 3.63) is 66.6 Å². The quantitative estimate of drug-likeness (QED) is 0.419. The van der Waals surface area contributed by atoms with E-state index in [2.05, 4.69) is 0 Å². The van der Waals surface area contributed by atoms with E-state index in [1.54, 1.807) is 19.6 Å². The maximum Gasteiger partial charge on any atom is 0.175 e. The first-order valence-corrected chi connectivity index (χ1v) is 7.72. The summed E-state index contributed by atoms with van der Waals surface area (Å²) in [5.41, 5.74) is 3.01. The Hall–Kier alpha value is -2.68. The van der Waals surface area contributed by atoms with E-state index in [0.29, 0.717) is 0 Å². The van der Waals surface area contributed by atoms with Crippen LogP contribution in [0.25, 0.3) is 21.9 Å². The van der Waals surface area contributed by atoms with Gasteiger partial charge in [-0.3, -0.25) is 0 Å². The lowest BCUT2D eigenvalue weighted by atomic mass is 10.2. The highest BCUT2D eigenvalue weighted by Gasteiger charge is 2.01. The highest BCUT2D eigenvalue weighted by atomic mass is 16.5. The van der Waals surface area contributed by atoms with Crippen molar-refractivity contribution >= 4 is 21.9 Å². The van der Waals surface area contributed by atoms with Crippen LogP contribution in [0.4, 0.5) is 0 Å². The van der Waals surface area contributed by atoms with Crippen LogP contribution in [0.2, 0.25) is 0 Å². The Balaban J connectivity index is 0.000000152. The Morgan fingerprint density at radius 3 is 1.91 bits per heavy atom. The van der Waals surface area contributed by atoms with Gasteiger partial charge in [-0.25, -0.2) is 0 Å². The van der Waals surface area contributed by atoms with Crippen molar-refractivity contribution in [3.8, 4) is 5.75 Å². The van der Waals surface area contributed by atoms with Gasteiger partial charge in [0.25, 0.3) is 0 Å². The van der Waals surface area contributed by atoms with Crippen LogP contribution in [0.5, 0.6) is 5.75 Å². The topological polar surface area (TPSA) is 35.5 Å². The van der Waals surface area contributed by atoms with Crippen molar-refractivity contribution in [2.75, 3.05) is 7.11 Å². The van der Waals surface area contributed by atoms with E-state index in [0.717, 1.165) is 22.3 Å². The second-order valence-electron chi connectivity index (χ2n) is 4.71. The largest absolute Gasteiger partial charge is 0.493 e. The van der Waals surface area contributed by atoms with Gasteiger partial charge < -0.3 is 13.6 Å². The lowest BCUT2D eigenvalue weighted by Gasteiger charge is -1.97. The number of furan rings is 2. The zero-order valence-corrected chi connectivity index (χ0v) is 14.0. The van der Waals surface area contributed by atoms with Crippen LogP contribution in [0, 0.1) is 6.92 Å². The molecule has 0 spiro atoms. The second kappa shape index (κ2) is 8.08. The summed E-state index contributed by atoms with van der Waals surface area (Å²) in [6.07, 6.45) is 3.38. The number of rotatable bonds is 1. The maximum atomic E-state index is 5.25. The molecule has 3 heteroatoms. The van der Waals surface area contributed by atoms with Crippen molar-refractivity contribution in [1.82, 2.24) is 0 Å². The predicted molar refractivity (Wildman–Crippen MR) is 95.1 cm³/mol. The molecule has 0 saturated heterocycles. The molecule has 0 amide bonds. The molecule has 2 aromatic carbocycles. The van der Waals surface area contributed by atoms with E-state index in [1.807, 2.05) is 69.3 Å². The maximum absolute atomic E-state index is 5.25. The van der Waals surface area contributed by atoms with Gasteiger partial charge in [0.15, 0.2) is 11.3 Å². The third-order valence-electron chi connectivity index (χ3n) is 3.34. The number of para-hydroxylation sites is 2. The van der Waals surface area contributed by atoms with E-state index in [-0.39, 0.29) is 0 Å². The fraction of sp³-hybridized carbons (Fsp3) is 0.200. The molecule has 4 aromatic rings. The van der Waals surface area contributed by atoms with Crippen LogP contribution in [0.1, 0.15) is 19.4 Å². The number of hydrogen-bond donors (Lipinski definition) is 0. The second-order valence-corrected chi connectivity index (χ2v) is 4.71. The van der Waals surface area contributed by atoms with E-state index >= 15 is 0 Å². The lowest BCUT2D eigenvalue weighted by Crippen LogP contribution is -1.81. The molecule has 0 aliphatic carbocycles. The minimum Gasteiger partial charge on any atom is -0.493 e. The molecule has 23 heavy (non-hydrogen) atoms. The molecule has 2 aromatic heterocycles. The number of ether oxygens (including phenoxy) is 1. The summed E-state index contributed by atoms with van der Waals surface area (Å²) < 4.78 is 15.6. The lowest BCUT2D eigenvalue weighted by molar-refractivity contribution is 0.410. The Bertz CT molecular complexity index is 855. The van der Waals surface area contributed by atoms with Gasteiger partial charge in [0.1, 0.15) is 5.58 Å². The van der Waals surface area contributed by atoms with Gasteiger partial charge in [0, 0.05) is 10.8 Å². The first kappa shape index (κ1) is 16.7. The third kappa shape index (κ3) is 3.75. The molecule has 0 saturated carbocycles. The number of aryl methyl sites for hydroxylation is 1. The smallest absolute Gasteiger partial charge is 0.175 e. The van der Waals surface area contributed by atoms with Gasteiger partial charge >= 0.3 is 0 Å². The van der Waals surface area contributed by atoms with Gasteiger partial charge in [-0.05, 0) is 30.7 Å². The number of fused-ring (bicyclic) bond motifs is 2. The number of benzene rings is 2. The van der Waals surface area contributed by atoms with Crippen LogP contribution in [-0.2, 0) is 0 Å². The Morgan fingerprint density at radius 2 is 1.30 bits per heavy atom. The van der Waals surface area contributed by atoms with Gasteiger partial charge in [-0.15, -0.1) is 0 Å². The van der Waals surface area contributed by atoms with Crippen LogP contribution in [-0.4, -0.2) is 7.11 Å². The summed E-state index contributed by atoms with van der Waals surface area (Å²) in [5, 5.41) is 2.25. The molecule has 0 unspecified atom stereocenters. The highest BCUT2D eigenvalue weighted by molar-refractivity contribution is 5.82. The molecule has 3 nitrogen and oxygen atoms in total. The first-order chi connectivity index (χ1) is 11.3. The first-order valence-electron chi connectivity index (χ1n) is 7.72. The summed E-state index contributed by atoms with van der Waals surface area (Å²) in [6.45, 7) is 6.05. The zero-order chi connectivity index (χ0) is 16.7. The molecule has 0 fully saturated rings. The minimum atomic E-state index is 0.785. The highest BCUT2D eigenvalue weighted by Crippen LogP contribution is 2.25. The number of hydrogen-bond acceptors (Lipinski definition) is 3. The molecule has 4 rings (SSSR count). The molecular formula is C20H22O3.